The highest BCUT2D eigenvalue weighted by Gasteiger charge is 2.27. The van der Waals surface area contributed by atoms with Crippen LogP contribution in [0, 0.1) is 11.6 Å². The minimum absolute atomic E-state index is 0.0761. The van der Waals surface area contributed by atoms with Gasteiger partial charge in [-0.1, -0.05) is 6.92 Å². The zero-order valence-electron chi connectivity index (χ0n) is 12.0. The van der Waals surface area contributed by atoms with E-state index in [-0.39, 0.29) is 28.6 Å². The standard InChI is InChI=1S/C15H20BrF2NO2/c1-2-5-19-13(14-9-20-6-7-21-14)8-10-12(17)4-3-11(16)15(10)18/h3-4,13-14,19H,2,5-9H2,1H3. The molecule has 2 rings (SSSR count). The van der Waals surface area contributed by atoms with E-state index in [4.69, 9.17) is 9.47 Å². The summed E-state index contributed by atoms with van der Waals surface area (Å²) in [5.74, 6) is -1.08. The summed E-state index contributed by atoms with van der Waals surface area (Å²) < 4.78 is 39.4. The zero-order valence-corrected chi connectivity index (χ0v) is 13.6. The molecule has 6 heteroatoms. The minimum atomic E-state index is -0.546. The number of benzene rings is 1. The summed E-state index contributed by atoms with van der Waals surface area (Å²) in [4.78, 5) is 0. The van der Waals surface area contributed by atoms with Crippen molar-refractivity contribution in [1.29, 1.82) is 0 Å². The van der Waals surface area contributed by atoms with Gasteiger partial charge in [0.2, 0.25) is 0 Å². The van der Waals surface area contributed by atoms with E-state index < -0.39 is 11.6 Å². The summed E-state index contributed by atoms with van der Waals surface area (Å²) in [7, 11) is 0. The van der Waals surface area contributed by atoms with Crippen molar-refractivity contribution >= 4 is 15.9 Å². The van der Waals surface area contributed by atoms with Gasteiger partial charge in [-0.2, -0.15) is 0 Å². The first kappa shape index (κ1) is 16.8. The molecule has 1 aliphatic rings. The summed E-state index contributed by atoms with van der Waals surface area (Å²) in [6.45, 7) is 4.33. The van der Waals surface area contributed by atoms with Gasteiger partial charge in [0.25, 0.3) is 0 Å². The van der Waals surface area contributed by atoms with Crippen LogP contribution >= 0.6 is 15.9 Å². The molecule has 1 N–H and O–H groups in total. The third-order valence-corrected chi connectivity index (χ3v) is 4.12. The Morgan fingerprint density at radius 2 is 2.19 bits per heavy atom. The van der Waals surface area contributed by atoms with Gasteiger partial charge in [-0.05, 0) is 47.4 Å². The van der Waals surface area contributed by atoms with E-state index in [2.05, 4.69) is 21.2 Å². The van der Waals surface area contributed by atoms with Crippen molar-refractivity contribution < 1.29 is 18.3 Å². The molecule has 1 aliphatic heterocycles. The number of rotatable bonds is 6. The average Bonchev–Trinajstić information content (AvgIpc) is 2.51. The van der Waals surface area contributed by atoms with Gasteiger partial charge >= 0.3 is 0 Å². The molecule has 0 radical (unpaired) electrons. The Bertz CT molecular complexity index is 467. The molecule has 1 heterocycles. The van der Waals surface area contributed by atoms with Gasteiger partial charge in [0.1, 0.15) is 11.6 Å². The van der Waals surface area contributed by atoms with Crippen LogP contribution in [-0.4, -0.2) is 38.5 Å². The van der Waals surface area contributed by atoms with Gasteiger partial charge in [-0.25, -0.2) is 8.78 Å². The minimum Gasteiger partial charge on any atom is -0.376 e. The van der Waals surface area contributed by atoms with Crippen molar-refractivity contribution in [2.45, 2.75) is 31.9 Å². The molecule has 21 heavy (non-hydrogen) atoms. The van der Waals surface area contributed by atoms with E-state index in [0.29, 0.717) is 19.8 Å². The van der Waals surface area contributed by atoms with E-state index in [1.54, 1.807) is 0 Å². The van der Waals surface area contributed by atoms with Crippen molar-refractivity contribution in [2.24, 2.45) is 0 Å². The van der Waals surface area contributed by atoms with Gasteiger partial charge in [-0.3, -0.25) is 0 Å². The summed E-state index contributed by atoms with van der Waals surface area (Å²) in [6, 6.07) is 2.48. The normalized spacial score (nSPS) is 20.5. The average molecular weight is 364 g/mol. The largest absolute Gasteiger partial charge is 0.376 e. The second-order valence-corrected chi connectivity index (χ2v) is 5.92. The van der Waals surface area contributed by atoms with E-state index in [1.807, 2.05) is 6.92 Å². The van der Waals surface area contributed by atoms with Crippen molar-refractivity contribution in [3.63, 3.8) is 0 Å². The number of hydrogen-bond donors (Lipinski definition) is 1. The Balaban J connectivity index is 2.15. The highest BCUT2D eigenvalue weighted by molar-refractivity contribution is 9.10. The number of nitrogens with one attached hydrogen (secondary N) is 1. The second kappa shape index (κ2) is 8.17. The van der Waals surface area contributed by atoms with E-state index in [1.165, 1.54) is 12.1 Å². The second-order valence-electron chi connectivity index (χ2n) is 5.07. The molecule has 1 fully saturated rings. The van der Waals surface area contributed by atoms with Gasteiger partial charge in [-0.15, -0.1) is 0 Å². The molecule has 0 aliphatic carbocycles. The number of halogens is 3. The number of hydrogen-bond acceptors (Lipinski definition) is 3. The Morgan fingerprint density at radius 3 is 2.86 bits per heavy atom. The molecule has 118 valence electrons. The fraction of sp³-hybridized carbons (Fsp3) is 0.600. The Hall–Kier alpha value is -0.560. The zero-order chi connectivity index (χ0) is 15.2. The van der Waals surface area contributed by atoms with Crippen molar-refractivity contribution in [2.75, 3.05) is 26.4 Å². The SMILES string of the molecule is CCCNC(Cc1c(F)ccc(Br)c1F)C1COCCO1. The highest BCUT2D eigenvalue weighted by atomic mass is 79.9. The van der Waals surface area contributed by atoms with Crippen LogP contribution < -0.4 is 5.32 Å². The van der Waals surface area contributed by atoms with Crippen molar-refractivity contribution in [3.8, 4) is 0 Å². The third kappa shape index (κ3) is 4.45. The molecular weight excluding hydrogens is 344 g/mol. The highest BCUT2D eigenvalue weighted by Crippen LogP contribution is 2.24. The Kier molecular flexibility index (Phi) is 6.54. The first-order chi connectivity index (χ1) is 10.1. The summed E-state index contributed by atoms with van der Waals surface area (Å²) in [6.07, 6.45) is 0.974. The fourth-order valence-corrected chi connectivity index (χ4v) is 2.75. The van der Waals surface area contributed by atoms with Crippen LogP contribution in [-0.2, 0) is 15.9 Å². The lowest BCUT2D eigenvalue weighted by Crippen LogP contribution is -2.48. The van der Waals surface area contributed by atoms with Crippen LogP contribution in [0.5, 0.6) is 0 Å². The molecule has 0 amide bonds. The van der Waals surface area contributed by atoms with E-state index in [0.717, 1.165) is 13.0 Å². The molecule has 1 saturated heterocycles. The van der Waals surface area contributed by atoms with Gasteiger partial charge in [0.15, 0.2) is 0 Å². The monoisotopic (exact) mass is 363 g/mol. The summed E-state index contributed by atoms with van der Waals surface area (Å²) in [5, 5.41) is 3.31. The van der Waals surface area contributed by atoms with Crippen LogP contribution in [0.15, 0.2) is 16.6 Å². The molecule has 0 aromatic heterocycles. The predicted octanol–water partition coefficient (Wildman–Crippen LogP) is 3.05. The van der Waals surface area contributed by atoms with E-state index >= 15 is 0 Å². The van der Waals surface area contributed by atoms with E-state index in [9.17, 15) is 8.78 Å². The fourth-order valence-electron chi connectivity index (χ4n) is 2.38. The van der Waals surface area contributed by atoms with Crippen molar-refractivity contribution in [1.82, 2.24) is 5.32 Å². The molecular formula is C15H20BrF2NO2. The Labute approximate surface area is 132 Å². The molecule has 0 saturated carbocycles. The molecule has 1 aromatic rings. The maximum atomic E-state index is 14.1. The van der Waals surface area contributed by atoms with Crippen LogP contribution in [0.1, 0.15) is 18.9 Å². The van der Waals surface area contributed by atoms with Crippen LogP contribution in [0.4, 0.5) is 8.78 Å². The molecule has 1 aromatic carbocycles. The first-order valence-corrected chi connectivity index (χ1v) is 7.98. The van der Waals surface area contributed by atoms with Gasteiger partial charge < -0.3 is 14.8 Å². The quantitative estimate of drug-likeness (QED) is 0.788. The third-order valence-electron chi connectivity index (χ3n) is 3.51. The molecule has 3 nitrogen and oxygen atoms in total. The molecule has 2 unspecified atom stereocenters. The van der Waals surface area contributed by atoms with Gasteiger partial charge in [0, 0.05) is 11.6 Å². The Morgan fingerprint density at radius 1 is 1.38 bits per heavy atom. The maximum Gasteiger partial charge on any atom is 0.143 e. The van der Waals surface area contributed by atoms with Crippen LogP contribution in [0.2, 0.25) is 0 Å². The number of ether oxygens (including phenoxy) is 2. The topological polar surface area (TPSA) is 30.5 Å². The summed E-state index contributed by atoms with van der Waals surface area (Å²) in [5.41, 5.74) is 0.0761. The van der Waals surface area contributed by atoms with Crippen LogP contribution in [0.3, 0.4) is 0 Å². The lowest BCUT2D eigenvalue weighted by atomic mass is 10.00. The smallest absolute Gasteiger partial charge is 0.143 e. The molecule has 0 spiro atoms. The maximum absolute atomic E-state index is 14.1. The lowest BCUT2D eigenvalue weighted by Gasteiger charge is -2.31. The predicted molar refractivity (Wildman–Crippen MR) is 80.4 cm³/mol. The summed E-state index contributed by atoms with van der Waals surface area (Å²) >= 11 is 3.10. The van der Waals surface area contributed by atoms with Crippen LogP contribution in [0.25, 0.3) is 0 Å². The van der Waals surface area contributed by atoms with Gasteiger partial charge in [0.05, 0.1) is 30.4 Å². The first-order valence-electron chi connectivity index (χ1n) is 7.18. The lowest BCUT2D eigenvalue weighted by molar-refractivity contribution is -0.101. The van der Waals surface area contributed by atoms with Crippen molar-refractivity contribution in [3.05, 3.63) is 33.8 Å². The molecule has 0 bridgehead atoms. The molecule has 2 atom stereocenters.